The molecule has 1 heterocycles. The van der Waals surface area contributed by atoms with Crippen molar-refractivity contribution in [3.63, 3.8) is 0 Å². The summed E-state index contributed by atoms with van der Waals surface area (Å²) in [4.78, 5) is 4.91. The zero-order valence-electron chi connectivity index (χ0n) is 17.0. The van der Waals surface area contributed by atoms with Crippen LogP contribution in [0.3, 0.4) is 0 Å². The third-order valence-electron chi connectivity index (χ3n) is 4.40. The highest BCUT2D eigenvalue weighted by Gasteiger charge is 2.17. The van der Waals surface area contributed by atoms with Gasteiger partial charge in [-0.15, -0.1) is 0 Å². The molecule has 0 N–H and O–H groups in total. The molecule has 0 spiro atoms. The number of rotatable bonds is 9. The number of benzene rings is 2. The van der Waals surface area contributed by atoms with Crippen molar-refractivity contribution in [3.05, 3.63) is 60.8 Å². The Hall–Kier alpha value is -2.63. The highest BCUT2D eigenvalue weighted by atomic mass is 16.7. The summed E-state index contributed by atoms with van der Waals surface area (Å²) in [5.74, 6) is 1.59. The zero-order chi connectivity index (χ0) is 19.9. The molecule has 0 amide bonds. The van der Waals surface area contributed by atoms with E-state index in [1.807, 2.05) is 76.4 Å². The van der Waals surface area contributed by atoms with Crippen molar-refractivity contribution >= 4 is 0 Å². The van der Waals surface area contributed by atoms with Crippen LogP contribution in [-0.2, 0) is 9.47 Å². The molecule has 0 aliphatic heterocycles. The molecule has 0 bridgehead atoms. The van der Waals surface area contributed by atoms with Crippen molar-refractivity contribution < 1.29 is 14.2 Å². The van der Waals surface area contributed by atoms with Crippen molar-refractivity contribution in [2.75, 3.05) is 13.2 Å². The molecule has 3 aromatic rings. The first-order chi connectivity index (χ1) is 13.6. The summed E-state index contributed by atoms with van der Waals surface area (Å²) >= 11 is 0. The van der Waals surface area contributed by atoms with Crippen molar-refractivity contribution in [2.45, 2.75) is 40.2 Å². The van der Waals surface area contributed by atoms with Crippen LogP contribution in [-0.4, -0.2) is 29.1 Å². The Morgan fingerprint density at radius 1 is 0.893 bits per heavy atom. The molecule has 5 nitrogen and oxygen atoms in total. The van der Waals surface area contributed by atoms with Gasteiger partial charge in [0.2, 0.25) is 0 Å². The lowest BCUT2D eigenvalue weighted by molar-refractivity contribution is -0.0613. The summed E-state index contributed by atoms with van der Waals surface area (Å²) in [5, 5.41) is 0. The Bertz CT molecular complexity index is 877. The van der Waals surface area contributed by atoms with E-state index in [1.54, 1.807) is 0 Å². The molecule has 1 aromatic heterocycles. The Morgan fingerprint density at radius 3 is 2.32 bits per heavy atom. The molecular weight excluding hydrogens is 352 g/mol. The second-order valence-corrected chi connectivity index (χ2v) is 6.45. The molecule has 0 aliphatic carbocycles. The van der Waals surface area contributed by atoms with Gasteiger partial charge in [0.05, 0.1) is 5.69 Å². The maximum Gasteiger partial charge on any atom is 0.196 e. The highest BCUT2D eigenvalue weighted by Crippen LogP contribution is 2.30. The fourth-order valence-electron chi connectivity index (χ4n) is 3.12. The van der Waals surface area contributed by atoms with Gasteiger partial charge in [-0.3, -0.25) is 0 Å². The fourth-order valence-corrected chi connectivity index (χ4v) is 3.12. The number of hydrogen-bond donors (Lipinski definition) is 0. The van der Waals surface area contributed by atoms with Gasteiger partial charge in [-0.2, -0.15) is 0 Å². The van der Waals surface area contributed by atoms with Crippen LogP contribution in [0.4, 0.5) is 0 Å². The van der Waals surface area contributed by atoms with Crippen molar-refractivity contribution in [1.82, 2.24) is 9.55 Å². The Morgan fingerprint density at radius 2 is 1.61 bits per heavy atom. The fraction of sp³-hybridized carbons (Fsp3) is 0.348. The number of ether oxygens (including phenoxy) is 3. The summed E-state index contributed by atoms with van der Waals surface area (Å²) < 4.78 is 19.3. The van der Waals surface area contributed by atoms with Crippen molar-refractivity contribution in [1.29, 1.82) is 0 Å². The topological polar surface area (TPSA) is 45.5 Å². The first-order valence-electron chi connectivity index (χ1n) is 9.77. The summed E-state index contributed by atoms with van der Waals surface area (Å²) in [5.41, 5.74) is 2.95. The number of aromatic nitrogens is 2. The Kier molecular flexibility index (Phi) is 6.85. The smallest absolute Gasteiger partial charge is 0.196 e. The molecule has 5 heteroatoms. The lowest BCUT2D eigenvalue weighted by Crippen LogP contribution is -2.16. The van der Waals surface area contributed by atoms with Crippen LogP contribution in [0.1, 0.15) is 33.9 Å². The standard InChI is InChI=1S/C23H28N2O3/c1-5-26-17(3)25-16-22(19-11-8-7-9-12-19)24-23(25)20-13-10-14-21(15-20)28-18(4)27-6-2/h7-18H,5-6H2,1-4H3. The maximum absolute atomic E-state index is 5.87. The first-order valence-corrected chi connectivity index (χ1v) is 9.77. The molecule has 0 radical (unpaired) electrons. The molecule has 148 valence electrons. The predicted octanol–water partition coefficient (Wildman–Crippen LogP) is 5.53. The molecule has 0 aliphatic rings. The molecule has 2 atom stereocenters. The SMILES string of the molecule is CCOC(C)Oc1cccc(-c2nc(-c3ccccc3)cn2C(C)OCC)c1. The van der Waals surface area contributed by atoms with E-state index in [0.717, 1.165) is 28.4 Å². The van der Waals surface area contributed by atoms with E-state index in [-0.39, 0.29) is 12.5 Å². The molecule has 28 heavy (non-hydrogen) atoms. The number of nitrogens with zero attached hydrogens (tertiary/aromatic N) is 2. The third-order valence-corrected chi connectivity index (χ3v) is 4.40. The molecule has 0 saturated carbocycles. The van der Waals surface area contributed by atoms with Crippen LogP contribution >= 0.6 is 0 Å². The minimum Gasteiger partial charge on any atom is -0.465 e. The van der Waals surface area contributed by atoms with E-state index >= 15 is 0 Å². The number of imidazole rings is 1. The van der Waals surface area contributed by atoms with E-state index in [9.17, 15) is 0 Å². The van der Waals surface area contributed by atoms with Gasteiger partial charge in [-0.1, -0.05) is 42.5 Å². The van der Waals surface area contributed by atoms with E-state index in [2.05, 4.69) is 16.7 Å². The van der Waals surface area contributed by atoms with Crippen LogP contribution in [0.15, 0.2) is 60.8 Å². The van der Waals surface area contributed by atoms with E-state index in [4.69, 9.17) is 19.2 Å². The monoisotopic (exact) mass is 380 g/mol. The van der Waals surface area contributed by atoms with Crippen molar-refractivity contribution in [3.8, 4) is 28.4 Å². The van der Waals surface area contributed by atoms with Gasteiger partial charge < -0.3 is 18.8 Å². The third kappa shape index (κ3) is 4.80. The van der Waals surface area contributed by atoms with Crippen LogP contribution in [0.25, 0.3) is 22.6 Å². The van der Waals surface area contributed by atoms with Gasteiger partial charge in [0.15, 0.2) is 6.29 Å². The second kappa shape index (κ2) is 9.53. The minimum atomic E-state index is -0.303. The summed E-state index contributed by atoms with van der Waals surface area (Å²) in [6, 6.07) is 18.1. The molecule has 3 rings (SSSR count). The Balaban J connectivity index is 1.99. The molecular formula is C23H28N2O3. The van der Waals surface area contributed by atoms with E-state index < -0.39 is 0 Å². The largest absolute Gasteiger partial charge is 0.465 e. The molecule has 2 aromatic carbocycles. The molecule has 0 fully saturated rings. The van der Waals surface area contributed by atoms with Crippen LogP contribution in [0.5, 0.6) is 5.75 Å². The summed E-state index contributed by atoms with van der Waals surface area (Å²) in [6.07, 6.45) is 1.61. The Labute approximate surface area is 166 Å². The lowest BCUT2D eigenvalue weighted by Gasteiger charge is -2.17. The average molecular weight is 380 g/mol. The van der Waals surface area contributed by atoms with Gasteiger partial charge in [0.25, 0.3) is 0 Å². The van der Waals surface area contributed by atoms with Gasteiger partial charge in [-0.25, -0.2) is 4.98 Å². The quantitative estimate of drug-likeness (QED) is 0.458. The van der Waals surface area contributed by atoms with Gasteiger partial charge in [-0.05, 0) is 39.8 Å². The molecule has 0 saturated heterocycles. The van der Waals surface area contributed by atoms with Crippen LogP contribution in [0, 0.1) is 0 Å². The van der Waals surface area contributed by atoms with Crippen LogP contribution < -0.4 is 4.74 Å². The average Bonchev–Trinajstić information content (AvgIpc) is 3.15. The van der Waals surface area contributed by atoms with Crippen molar-refractivity contribution in [2.24, 2.45) is 0 Å². The summed E-state index contributed by atoms with van der Waals surface area (Å²) in [7, 11) is 0. The van der Waals surface area contributed by atoms with Gasteiger partial charge in [0, 0.05) is 30.5 Å². The van der Waals surface area contributed by atoms with Gasteiger partial charge >= 0.3 is 0 Å². The number of hydrogen-bond acceptors (Lipinski definition) is 4. The molecule has 2 unspecified atom stereocenters. The lowest BCUT2D eigenvalue weighted by atomic mass is 10.2. The predicted molar refractivity (Wildman–Crippen MR) is 111 cm³/mol. The maximum atomic E-state index is 5.87. The highest BCUT2D eigenvalue weighted by molar-refractivity contribution is 5.66. The first kappa shape index (κ1) is 20.1. The van der Waals surface area contributed by atoms with E-state index in [1.165, 1.54) is 0 Å². The second-order valence-electron chi connectivity index (χ2n) is 6.45. The zero-order valence-corrected chi connectivity index (χ0v) is 17.0. The van der Waals surface area contributed by atoms with Gasteiger partial charge in [0.1, 0.15) is 17.8 Å². The summed E-state index contributed by atoms with van der Waals surface area (Å²) in [6.45, 7) is 9.11. The minimum absolute atomic E-state index is 0.128. The normalized spacial score (nSPS) is 13.3. The van der Waals surface area contributed by atoms with Crippen LogP contribution in [0.2, 0.25) is 0 Å². The van der Waals surface area contributed by atoms with E-state index in [0.29, 0.717) is 13.2 Å².